The van der Waals surface area contributed by atoms with Crippen molar-refractivity contribution >= 4 is 39.1 Å². The Hall–Kier alpha value is -1.64. The quantitative estimate of drug-likeness (QED) is 0.523. The van der Waals surface area contributed by atoms with Crippen molar-refractivity contribution in [3.63, 3.8) is 0 Å². The van der Waals surface area contributed by atoms with Gasteiger partial charge in [0, 0.05) is 36.2 Å². The smallest absolute Gasteiger partial charge is 0.224 e. The first-order valence-electron chi connectivity index (χ1n) is 12.3. The molecule has 2 aromatic rings. The summed E-state index contributed by atoms with van der Waals surface area (Å²) in [6.07, 6.45) is 5.16. The third-order valence-electron chi connectivity index (χ3n) is 6.81. The summed E-state index contributed by atoms with van der Waals surface area (Å²) < 4.78 is 27.5. The molecule has 0 saturated carbocycles. The van der Waals surface area contributed by atoms with Crippen LogP contribution in [0, 0.1) is 5.92 Å². The van der Waals surface area contributed by atoms with Crippen LogP contribution in [0.5, 0.6) is 0 Å². The highest BCUT2D eigenvalue weighted by molar-refractivity contribution is 7.88. The van der Waals surface area contributed by atoms with E-state index in [2.05, 4.69) is 22.3 Å². The maximum Gasteiger partial charge on any atom is 0.224 e. The van der Waals surface area contributed by atoms with Crippen molar-refractivity contribution in [3.05, 3.63) is 69.2 Å². The normalized spacial score (nSPS) is 20.0. The van der Waals surface area contributed by atoms with Crippen molar-refractivity contribution < 1.29 is 13.2 Å². The van der Waals surface area contributed by atoms with Crippen LogP contribution in [0.3, 0.4) is 0 Å². The zero-order valence-electron chi connectivity index (χ0n) is 19.9. The maximum atomic E-state index is 13.0. The molecule has 2 aromatic carbocycles. The minimum Gasteiger partial charge on any atom is -0.352 e. The molecule has 1 N–H and O–H groups in total. The van der Waals surface area contributed by atoms with E-state index in [9.17, 15) is 13.2 Å². The molecule has 2 aliphatic heterocycles. The van der Waals surface area contributed by atoms with E-state index >= 15 is 0 Å². The molecule has 0 radical (unpaired) electrons. The van der Waals surface area contributed by atoms with E-state index in [0.717, 1.165) is 25.2 Å². The molecule has 6 nitrogen and oxygen atoms in total. The predicted octanol–water partition coefficient (Wildman–Crippen LogP) is 4.84. The molecule has 2 fully saturated rings. The Bertz CT molecular complexity index is 1140. The number of likely N-dealkylation sites (tertiary alicyclic amines) is 1. The van der Waals surface area contributed by atoms with E-state index in [-0.39, 0.29) is 24.1 Å². The SMILES string of the molecule is O=C(NCc1cccc(CN2CCCCC2)c1)C1CCCN(S(=O)(=O)Cc2ccc(Cl)cc2Cl)C1. The van der Waals surface area contributed by atoms with Gasteiger partial charge in [0.25, 0.3) is 0 Å². The molecular weight excluding hydrogens is 505 g/mol. The van der Waals surface area contributed by atoms with Crippen LogP contribution in [0.25, 0.3) is 0 Å². The molecular formula is C26H33Cl2N3O3S. The molecule has 0 bridgehead atoms. The minimum absolute atomic E-state index is 0.101. The summed E-state index contributed by atoms with van der Waals surface area (Å²) in [6.45, 7) is 4.27. The first-order chi connectivity index (χ1) is 16.8. The Labute approximate surface area is 218 Å². The number of carbonyl (C=O) groups excluding carboxylic acids is 1. The van der Waals surface area contributed by atoms with Crippen LogP contribution < -0.4 is 5.32 Å². The van der Waals surface area contributed by atoms with Crippen molar-refractivity contribution in [1.82, 2.24) is 14.5 Å². The van der Waals surface area contributed by atoms with Crippen LogP contribution in [0.1, 0.15) is 48.8 Å². The third kappa shape index (κ3) is 7.43. The molecule has 2 saturated heterocycles. The highest BCUT2D eigenvalue weighted by atomic mass is 35.5. The van der Waals surface area contributed by atoms with Crippen molar-refractivity contribution in [1.29, 1.82) is 0 Å². The zero-order valence-corrected chi connectivity index (χ0v) is 22.2. The van der Waals surface area contributed by atoms with Gasteiger partial charge in [-0.25, -0.2) is 12.7 Å². The lowest BCUT2D eigenvalue weighted by Gasteiger charge is -2.31. The van der Waals surface area contributed by atoms with Gasteiger partial charge in [-0.3, -0.25) is 9.69 Å². The van der Waals surface area contributed by atoms with Gasteiger partial charge in [-0.1, -0.05) is 60.0 Å². The molecule has 1 unspecified atom stereocenters. The first-order valence-corrected chi connectivity index (χ1v) is 14.7. The Morgan fingerprint density at radius 3 is 2.51 bits per heavy atom. The lowest BCUT2D eigenvalue weighted by molar-refractivity contribution is -0.126. The molecule has 190 valence electrons. The summed E-state index contributed by atoms with van der Waals surface area (Å²) in [4.78, 5) is 15.4. The molecule has 4 rings (SSSR count). The summed E-state index contributed by atoms with van der Waals surface area (Å²) in [5, 5.41) is 3.82. The standard InChI is InChI=1S/C26H33Cl2N3O3S/c27-24-10-9-23(25(28)15-24)19-35(33,34)31-13-5-8-22(18-31)26(32)29-16-20-6-4-7-21(14-20)17-30-11-2-1-3-12-30/h4,6-7,9-10,14-15,22H,1-3,5,8,11-13,16-19H2,(H,29,32). The lowest BCUT2D eigenvalue weighted by atomic mass is 9.98. The van der Waals surface area contributed by atoms with Gasteiger partial charge in [0.1, 0.15) is 0 Å². The fourth-order valence-electron chi connectivity index (χ4n) is 4.88. The molecule has 9 heteroatoms. The number of sulfonamides is 1. The highest BCUT2D eigenvalue weighted by Gasteiger charge is 2.32. The number of halogens is 2. The Kier molecular flexibility index (Phi) is 9.11. The minimum atomic E-state index is -3.60. The van der Waals surface area contributed by atoms with Crippen molar-refractivity contribution in [3.8, 4) is 0 Å². The van der Waals surface area contributed by atoms with Crippen LogP contribution in [0.4, 0.5) is 0 Å². The Balaban J connectivity index is 1.31. The van der Waals surface area contributed by atoms with Crippen LogP contribution in [-0.4, -0.2) is 49.7 Å². The van der Waals surface area contributed by atoms with E-state index in [1.54, 1.807) is 18.2 Å². The number of piperidine rings is 2. The van der Waals surface area contributed by atoms with Gasteiger partial charge < -0.3 is 5.32 Å². The van der Waals surface area contributed by atoms with Gasteiger partial charge in [-0.15, -0.1) is 0 Å². The number of benzene rings is 2. The van der Waals surface area contributed by atoms with E-state index in [1.165, 1.54) is 29.1 Å². The third-order valence-corrected chi connectivity index (χ3v) is 9.20. The van der Waals surface area contributed by atoms with Gasteiger partial charge in [0.2, 0.25) is 15.9 Å². The second-order valence-corrected chi connectivity index (χ2v) is 12.4. The molecule has 2 heterocycles. The number of carbonyl (C=O) groups is 1. The monoisotopic (exact) mass is 537 g/mol. The lowest BCUT2D eigenvalue weighted by Crippen LogP contribution is -2.45. The molecule has 0 spiro atoms. The van der Waals surface area contributed by atoms with Crippen LogP contribution in [0.15, 0.2) is 42.5 Å². The highest BCUT2D eigenvalue weighted by Crippen LogP contribution is 2.26. The van der Waals surface area contributed by atoms with Gasteiger partial charge in [0.05, 0.1) is 11.7 Å². The second-order valence-electron chi connectivity index (χ2n) is 9.56. The molecule has 2 aliphatic rings. The summed E-state index contributed by atoms with van der Waals surface area (Å²) in [7, 11) is -3.60. The Morgan fingerprint density at radius 1 is 0.971 bits per heavy atom. The van der Waals surface area contributed by atoms with Crippen molar-refractivity contribution in [2.75, 3.05) is 26.2 Å². The van der Waals surface area contributed by atoms with E-state index in [4.69, 9.17) is 23.2 Å². The predicted molar refractivity (Wildman–Crippen MR) is 141 cm³/mol. The summed E-state index contributed by atoms with van der Waals surface area (Å²) in [5.74, 6) is -0.673. The molecule has 0 aliphatic carbocycles. The largest absolute Gasteiger partial charge is 0.352 e. The number of rotatable bonds is 8. The number of hydrogen-bond acceptors (Lipinski definition) is 4. The molecule has 0 aromatic heterocycles. The van der Waals surface area contributed by atoms with Gasteiger partial charge >= 0.3 is 0 Å². The topological polar surface area (TPSA) is 69.7 Å². The summed E-state index contributed by atoms with van der Waals surface area (Å²) in [5.41, 5.74) is 2.83. The van der Waals surface area contributed by atoms with Gasteiger partial charge in [-0.2, -0.15) is 0 Å². The average molecular weight is 539 g/mol. The van der Waals surface area contributed by atoms with Crippen LogP contribution >= 0.6 is 23.2 Å². The summed E-state index contributed by atoms with van der Waals surface area (Å²) >= 11 is 12.1. The average Bonchev–Trinajstić information content (AvgIpc) is 2.85. The second kappa shape index (κ2) is 12.1. The van der Waals surface area contributed by atoms with Crippen LogP contribution in [0.2, 0.25) is 10.0 Å². The molecule has 1 atom stereocenters. The van der Waals surface area contributed by atoms with E-state index < -0.39 is 10.0 Å². The zero-order chi connectivity index (χ0) is 24.8. The number of nitrogens with one attached hydrogen (secondary N) is 1. The van der Waals surface area contributed by atoms with Gasteiger partial charge in [0.15, 0.2) is 0 Å². The fraction of sp³-hybridized carbons (Fsp3) is 0.500. The number of amides is 1. The summed E-state index contributed by atoms with van der Waals surface area (Å²) in [6, 6.07) is 13.2. The van der Waals surface area contributed by atoms with Crippen LogP contribution in [-0.2, 0) is 33.7 Å². The number of nitrogens with zero attached hydrogens (tertiary/aromatic N) is 2. The molecule has 1 amide bonds. The fourth-order valence-corrected chi connectivity index (χ4v) is 7.08. The molecule has 35 heavy (non-hydrogen) atoms. The van der Waals surface area contributed by atoms with Crippen molar-refractivity contribution in [2.24, 2.45) is 5.92 Å². The van der Waals surface area contributed by atoms with E-state index in [0.29, 0.717) is 41.5 Å². The first kappa shape index (κ1) is 26.4. The van der Waals surface area contributed by atoms with Gasteiger partial charge in [-0.05, 0) is 67.6 Å². The van der Waals surface area contributed by atoms with E-state index in [1.807, 2.05) is 12.1 Å². The number of hydrogen-bond donors (Lipinski definition) is 1. The maximum absolute atomic E-state index is 13.0. The van der Waals surface area contributed by atoms with Crippen molar-refractivity contribution in [2.45, 2.75) is 50.9 Å². The Morgan fingerprint density at radius 2 is 1.74 bits per heavy atom.